The average molecular weight is 329 g/mol. The van der Waals surface area contributed by atoms with Crippen LogP contribution in [0.25, 0.3) is 11.3 Å². The van der Waals surface area contributed by atoms with Gasteiger partial charge in [-0.25, -0.2) is 0 Å². The Hall–Kier alpha value is -2.63. The van der Waals surface area contributed by atoms with Crippen molar-refractivity contribution in [2.45, 2.75) is 32.1 Å². The first-order valence-electron chi connectivity index (χ1n) is 8.17. The molecule has 1 heterocycles. The first-order chi connectivity index (χ1) is 11.6. The van der Waals surface area contributed by atoms with E-state index in [4.69, 9.17) is 5.11 Å². The standard InChI is InChI=1S/C18H23N3O3/c1-21-17(14-9-5-4-6-10-14)15(13-20-21)18(24)19-12-8-3-2-7-11-16(22)23/h4-6,9-10,13H,2-3,7-8,11-12H2,1H3,(H,19,24)(H,22,23). The summed E-state index contributed by atoms with van der Waals surface area (Å²) in [5.41, 5.74) is 2.32. The minimum atomic E-state index is -0.756. The van der Waals surface area contributed by atoms with Crippen molar-refractivity contribution in [2.24, 2.45) is 7.05 Å². The van der Waals surface area contributed by atoms with Crippen LogP contribution in [0.3, 0.4) is 0 Å². The number of aliphatic carboxylic acids is 1. The summed E-state index contributed by atoms with van der Waals surface area (Å²) in [4.78, 5) is 22.8. The SMILES string of the molecule is Cn1ncc(C(=O)NCCCCCCC(=O)O)c1-c1ccccc1. The second-order valence-electron chi connectivity index (χ2n) is 5.71. The first-order valence-corrected chi connectivity index (χ1v) is 8.17. The van der Waals surface area contributed by atoms with Crippen molar-refractivity contribution in [2.75, 3.05) is 6.54 Å². The minimum Gasteiger partial charge on any atom is -0.481 e. The number of carboxylic acids is 1. The summed E-state index contributed by atoms with van der Waals surface area (Å²) in [6, 6.07) is 9.71. The van der Waals surface area contributed by atoms with Gasteiger partial charge in [0.05, 0.1) is 17.5 Å². The summed E-state index contributed by atoms with van der Waals surface area (Å²) in [7, 11) is 1.82. The maximum Gasteiger partial charge on any atom is 0.303 e. The zero-order valence-corrected chi connectivity index (χ0v) is 13.9. The highest BCUT2D eigenvalue weighted by atomic mass is 16.4. The highest BCUT2D eigenvalue weighted by molar-refractivity contribution is 5.99. The maximum atomic E-state index is 12.4. The van der Waals surface area contributed by atoms with E-state index < -0.39 is 5.97 Å². The van der Waals surface area contributed by atoms with Crippen molar-refractivity contribution < 1.29 is 14.7 Å². The summed E-state index contributed by atoms with van der Waals surface area (Å²) in [6.07, 6.45) is 5.10. The lowest BCUT2D eigenvalue weighted by atomic mass is 10.1. The van der Waals surface area contributed by atoms with Crippen LogP contribution in [0.5, 0.6) is 0 Å². The third kappa shape index (κ3) is 4.94. The molecule has 1 aromatic carbocycles. The molecular weight excluding hydrogens is 306 g/mol. The van der Waals surface area contributed by atoms with Gasteiger partial charge in [-0.2, -0.15) is 5.10 Å². The van der Waals surface area contributed by atoms with E-state index in [0.717, 1.165) is 30.5 Å². The monoisotopic (exact) mass is 329 g/mol. The molecule has 128 valence electrons. The van der Waals surface area contributed by atoms with Crippen molar-refractivity contribution in [3.8, 4) is 11.3 Å². The molecule has 0 fully saturated rings. The number of aryl methyl sites for hydroxylation is 1. The number of benzene rings is 1. The van der Waals surface area contributed by atoms with Gasteiger partial charge in [0, 0.05) is 25.6 Å². The Morgan fingerprint density at radius 3 is 2.54 bits per heavy atom. The van der Waals surface area contributed by atoms with E-state index in [1.807, 2.05) is 37.4 Å². The normalized spacial score (nSPS) is 10.5. The zero-order valence-electron chi connectivity index (χ0n) is 13.9. The van der Waals surface area contributed by atoms with E-state index in [9.17, 15) is 9.59 Å². The molecule has 0 saturated carbocycles. The summed E-state index contributed by atoms with van der Waals surface area (Å²) < 4.78 is 1.70. The van der Waals surface area contributed by atoms with E-state index >= 15 is 0 Å². The van der Waals surface area contributed by atoms with E-state index in [0.29, 0.717) is 18.5 Å². The van der Waals surface area contributed by atoms with Crippen LogP contribution in [0.1, 0.15) is 42.5 Å². The van der Waals surface area contributed by atoms with Gasteiger partial charge < -0.3 is 10.4 Å². The molecule has 0 unspecified atom stereocenters. The van der Waals surface area contributed by atoms with Crippen LogP contribution in [0, 0.1) is 0 Å². The van der Waals surface area contributed by atoms with E-state index in [1.54, 1.807) is 10.9 Å². The molecule has 0 atom stereocenters. The topological polar surface area (TPSA) is 84.2 Å². The fourth-order valence-electron chi connectivity index (χ4n) is 2.59. The lowest BCUT2D eigenvalue weighted by molar-refractivity contribution is -0.137. The number of carbonyl (C=O) groups excluding carboxylic acids is 1. The van der Waals surface area contributed by atoms with E-state index in [1.165, 1.54) is 0 Å². The average Bonchev–Trinajstić information content (AvgIpc) is 2.96. The molecule has 6 nitrogen and oxygen atoms in total. The Labute approximate surface area is 141 Å². The van der Waals surface area contributed by atoms with Crippen molar-refractivity contribution in [1.82, 2.24) is 15.1 Å². The van der Waals surface area contributed by atoms with Gasteiger partial charge in [0.2, 0.25) is 0 Å². The summed E-state index contributed by atoms with van der Waals surface area (Å²) in [6.45, 7) is 0.578. The van der Waals surface area contributed by atoms with Crippen LogP contribution in [0.4, 0.5) is 0 Å². The van der Waals surface area contributed by atoms with Crippen LogP contribution >= 0.6 is 0 Å². The number of hydrogen-bond donors (Lipinski definition) is 2. The number of aromatic nitrogens is 2. The highest BCUT2D eigenvalue weighted by Gasteiger charge is 2.16. The predicted molar refractivity (Wildman–Crippen MR) is 91.7 cm³/mol. The van der Waals surface area contributed by atoms with Gasteiger partial charge >= 0.3 is 5.97 Å². The molecule has 0 aliphatic rings. The molecule has 0 spiro atoms. The fourth-order valence-corrected chi connectivity index (χ4v) is 2.59. The number of carbonyl (C=O) groups is 2. The lowest BCUT2D eigenvalue weighted by Crippen LogP contribution is -2.24. The van der Waals surface area contributed by atoms with E-state index in [2.05, 4.69) is 10.4 Å². The molecule has 6 heteroatoms. The quantitative estimate of drug-likeness (QED) is 0.693. The van der Waals surface area contributed by atoms with Gasteiger partial charge in [-0.05, 0) is 12.8 Å². The third-order valence-electron chi connectivity index (χ3n) is 3.83. The molecular formula is C18H23N3O3. The van der Waals surface area contributed by atoms with Gasteiger partial charge in [0.1, 0.15) is 0 Å². The lowest BCUT2D eigenvalue weighted by Gasteiger charge is -2.08. The molecule has 2 aromatic rings. The number of unbranched alkanes of at least 4 members (excludes halogenated alkanes) is 3. The molecule has 24 heavy (non-hydrogen) atoms. The number of rotatable bonds is 9. The molecule has 0 bridgehead atoms. The number of amides is 1. The summed E-state index contributed by atoms with van der Waals surface area (Å²) >= 11 is 0. The van der Waals surface area contributed by atoms with Crippen molar-refractivity contribution in [3.05, 3.63) is 42.1 Å². The van der Waals surface area contributed by atoms with Crippen LogP contribution < -0.4 is 5.32 Å². The molecule has 0 saturated heterocycles. The molecule has 1 amide bonds. The molecule has 0 aliphatic heterocycles. The first kappa shape index (κ1) is 17.7. The Morgan fingerprint density at radius 2 is 1.83 bits per heavy atom. The maximum absolute atomic E-state index is 12.4. The Bertz CT molecular complexity index is 680. The van der Waals surface area contributed by atoms with Crippen molar-refractivity contribution in [1.29, 1.82) is 0 Å². The molecule has 0 aliphatic carbocycles. The van der Waals surface area contributed by atoms with Gasteiger partial charge in [-0.3, -0.25) is 14.3 Å². The second kappa shape index (κ2) is 8.86. The van der Waals surface area contributed by atoms with Crippen molar-refractivity contribution in [3.63, 3.8) is 0 Å². The van der Waals surface area contributed by atoms with Crippen molar-refractivity contribution >= 4 is 11.9 Å². The summed E-state index contributed by atoms with van der Waals surface area (Å²) in [5, 5.41) is 15.7. The number of carboxylic acid groups (broad SMARTS) is 1. The molecule has 2 N–H and O–H groups in total. The Kier molecular flexibility index (Phi) is 6.54. The molecule has 1 aromatic heterocycles. The predicted octanol–water partition coefficient (Wildman–Crippen LogP) is 2.85. The Morgan fingerprint density at radius 1 is 1.12 bits per heavy atom. The fraction of sp³-hybridized carbons (Fsp3) is 0.389. The van der Waals surface area contributed by atoms with Crippen LogP contribution in [0.2, 0.25) is 0 Å². The number of nitrogens with zero attached hydrogens (tertiary/aromatic N) is 2. The number of hydrogen-bond acceptors (Lipinski definition) is 3. The third-order valence-corrected chi connectivity index (χ3v) is 3.83. The van der Waals surface area contributed by atoms with Crippen LogP contribution in [0.15, 0.2) is 36.5 Å². The van der Waals surface area contributed by atoms with Gasteiger partial charge in [0.25, 0.3) is 5.91 Å². The largest absolute Gasteiger partial charge is 0.481 e. The Balaban J connectivity index is 1.84. The minimum absolute atomic E-state index is 0.132. The number of nitrogens with one attached hydrogen (secondary N) is 1. The molecule has 0 radical (unpaired) electrons. The zero-order chi connectivity index (χ0) is 17.4. The molecule has 2 rings (SSSR count). The second-order valence-corrected chi connectivity index (χ2v) is 5.71. The highest BCUT2D eigenvalue weighted by Crippen LogP contribution is 2.22. The van der Waals surface area contributed by atoms with Gasteiger partial charge in [0.15, 0.2) is 0 Å². The van der Waals surface area contributed by atoms with Gasteiger partial charge in [-0.15, -0.1) is 0 Å². The smallest absolute Gasteiger partial charge is 0.303 e. The van der Waals surface area contributed by atoms with E-state index in [-0.39, 0.29) is 12.3 Å². The van der Waals surface area contributed by atoms with Crippen LogP contribution in [-0.2, 0) is 11.8 Å². The summed E-state index contributed by atoms with van der Waals surface area (Å²) in [5.74, 6) is -0.888. The van der Waals surface area contributed by atoms with Gasteiger partial charge in [-0.1, -0.05) is 43.2 Å². The van der Waals surface area contributed by atoms with Crippen LogP contribution in [-0.4, -0.2) is 33.3 Å².